The Morgan fingerprint density at radius 2 is 0.906 bits per heavy atom. The quantitative estimate of drug-likeness (QED) is 0.0306. The summed E-state index contributed by atoms with van der Waals surface area (Å²) in [6.45, 7) is 38.5. The number of methoxy groups -OCH3 is 1. The summed E-state index contributed by atoms with van der Waals surface area (Å²) in [5.74, 6) is 0.651. The lowest BCUT2D eigenvalue weighted by Crippen LogP contribution is -2.18. The van der Waals surface area contributed by atoms with Crippen LogP contribution in [0.15, 0.2) is 65.6 Å². The number of benzene rings is 3. The lowest BCUT2D eigenvalue weighted by Gasteiger charge is -2.22. The fraction of sp³-hybridized carbons (Fsp3) is 0.639. The maximum absolute atomic E-state index is 14.4. The standard InChI is InChI=1S/C64H94FN3O20.4C2H6/c1-47(2)85-38-35-82-32-29-79-26-23-77-21-19-76-20-22-78-24-27-80-30-33-83-36-39-86-58-12-10-52(44-59(58)87-40-37-84-34-31-81-28-25-75-18-17-74-16-15-73-14-13-72-8)66-62(69)56-45-54-55(46-68(7)63(70)60(54)67-56)53-43-50(64(5,6)71)9-11-57(53)88-61-48(3)41-51(65)42-49(61)4;4*1-2/h9-12,41-47,67,71H,13-40H2,1-8H3,(H,66,69);4*1-2H3. The summed E-state index contributed by atoms with van der Waals surface area (Å²) in [7, 11) is 3.23. The lowest BCUT2D eigenvalue weighted by molar-refractivity contribution is -0.0259. The molecule has 0 saturated heterocycles. The Kier molecular flexibility index (Phi) is 51.8. The Bertz CT molecular complexity index is 2790. The van der Waals surface area contributed by atoms with Crippen molar-refractivity contribution in [2.24, 2.45) is 7.05 Å². The van der Waals surface area contributed by atoms with Crippen LogP contribution in [-0.4, -0.2) is 219 Å². The van der Waals surface area contributed by atoms with Crippen LogP contribution in [0.3, 0.4) is 0 Å². The van der Waals surface area contributed by atoms with Gasteiger partial charge in [0.1, 0.15) is 41.7 Å². The number of ether oxygens (including phenoxy) is 17. The average molecular weight is 1360 g/mol. The van der Waals surface area contributed by atoms with E-state index in [1.165, 1.54) is 16.7 Å². The van der Waals surface area contributed by atoms with Gasteiger partial charge in [-0.3, -0.25) is 9.59 Å². The highest BCUT2D eigenvalue weighted by Crippen LogP contribution is 2.41. The first kappa shape index (κ1) is 88.4. The van der Waals surface area contributed by atoms with Crippen molar-refractivity contribution in [1.29, 1.82) is 0 Å². The molecule has 3 aromatic carbocycles. The number of aliphatic hydroxyl groups is 1. The van der Waals surface area contributed by atoms with Gasteiger partial charge in [0.25, 0.3) is 11.5 Å². The van der Waals surface area contributed by atoms with E-state index in [2.05, 4.69) is 10.3 Å². The van der Waals surface area contributed by atoms with Gasteiger partial charge in [0, 0.05) is 48.6 Å². The van der Waals surface area contributed by atoms with Gasteiger partial charge in [-0.05, 0) is 101 Å². The number of amides is 1. The summed E-state index contributed by atoms with van der Waals surface area (Å²) in [5, 5.41) is 14.5. The van der Waals surface area contributed by atoms with Crippen LogP contribution in [0, 0.1) is 19.7 Å². The minimum atomic E-state index is -1.24. The number of anilines is 1. The predicted octanol–water partition coefficient (Wildman–Crippen LogP) is 11.7. The number of nitrogens with zero attached hydrogens (tertiary/aromatic N) is 1. The van der Waals surface area contributed by atoms with E-state index in [-0.39, 0.29) is 55.1 Å². The molecule has 2 aromatic heterocycles. The van der Waals surface area contributed by atoms with Crippen molar-refractivity contribution in [3.8, 4) is 34.1 Å². The maximum Gasteiger partial charge on any atom is 0.274 e. The van der Waals surface area contributed by atoms with Gasteiger partial charge in [0.2, 0.25) is 0 Å². The molecule has 0 aliphatic rings. The number of nitrogens with one attached hydrogen (secondary N) is 2. The van der Waals surface area contributed by atoms with Crippen LogP contribution in [-0.2, 0) is 79.0 Å². The van der Waals surface area contributed by atoms with Gasteiger partial charge in [-0.2, -0.15) is 0 Å². The van der Waals surface area contributed by atoms with Crippen molar-refractivity contribution < 1.29 is 94.8 Å². The maximum atomic E-state index is 14.4. The Labute approximate surface area is 571 Å². The SMILES string of the molecule is CC.CC.CC.CC.COCCOCCOCCOCCOCCOCCOc1cc(NC(=O)c2cc3c(-c4cc(C(C)(C)O)ccc4Oc4c(C)cc(F)cc4C)cn(C)c(=O)c3[nH]2)ccc1OCCOCCOCCOCCOCCOCCOCCOCCOC(C)C. The molecule has 5 rings (SSSR count). The number of carbonyl (C=O) groups is 1. The van der Waals surface area contributed by atoms with Gasteiger partial charge in [-0.1, -0.05) is 61.5 Å². The number of aryl methyl sites for hydroxylation is 3. The van der Waals surface area contributed by atoms with Crippen LogP contribution < -0.4 is 25.1 Å². The highest BCUT2D eigenvalue weighted by atomic mass is 19.1. The van der Waals surface area contributed by atoms with E-state index in [4.69, 9.17) is 80.5 Å². The first-order valence-corrected chi connectivity index (χ1v) is 33.9. The normalized spacial score (nSPS) is 11.1. The minimum Gasteiger partial charge on any atom is -0.487 e. The number of fused-ring (bicyclic) bond motifs is 1. The van der Waals surface area contributed by atoms with Gasteiger partial charge in [-0.15, -0.1) is 0 Å². The molecule has 548 valence electrons. The van der Waals surface area contributed by atoms with E-state index >= 15 is 0 Å². The molecule has 2 heterocycles. The number of hydrogen-bond acceptors (Lipinski definition) is 20. The molecule has 23 nitrogen and oxygen atoms in total. The van der Waals surface area contributed by atoms with Crippen LogP contribution in [0.25, 0.3) is 22.0 Å². The average Bonchev–Trinajstić information content (AvgIpc) is 1.49. The molecule has 0 unspecified atom stereocenters. The Morgan fingerprint density at radius 3 is 1.31 bits per heavy atom. The summed E-state index contributed by atoms with van der Waals surface area (Å²) >= 11 is 0. The zero-order chi connectivity index (χ0) is 71.2. The van der Waals surface area contributed by atoms with Gasteiger partial charge >= 0.3 is 0 Å². The topological polar surface area (TPSA) is 244 Å². The van der Waals surface area contributed by atoms with E-state index in [9.17, 15) is 19.1 Å². The smallest absolute Gasteiger partial charge is 0.274 e. The Hall–Kier alpha value is -5.65. The second-order valence-electron chi connectivity index (χ2n) is 20.7. The summed E-state index contributed by atoms with van der Waals surface area (Å²) in [6.07, 6.45) is 1.85. The summed E-state index contributed by atoms with van der Waals surface area (Å²) < 4.78 is 112. The molecule has 0 saturated carbocycles. The molecule has 0 radical (unpaired) electrons. The van der Waals surface area contributed by atoms with Gasteiger partial charge in [0.05, 0.1) is 183 Å². The Balaban J connectivity index is 0.00000554. The number of aromatic amines is 1. The van der Waals surface area contributed by atoms with Gasteiger partial charge < -0.3 is 101 Å². The first-order valence-electron chi connectivity index (χ1n) is 33.9. The molecule has 0 atom stereocenters. The number of H-pyrrole nitrogens is 1. The fourth-order valence-electron chi connectivity index (χ4n) is 8.37. The van der Waals surface area contributed by atoms with Crippen LogP contribution in [0.4, 0.5) is 10.1 Å². The second-order valence-corrected chi connectivity index (χ2v) is 20.7. The van der Waals surface area contributed by atoms with Crippen molar-refractivity contribution >= 4 is 22.5 Å². The third kappa shape index (κ3) is 37.3. The van der Waals surface area contributed by atoms with Crippen molar-refractivity contribution in [3.63, 3.8) is 0 Å². The first-order chi connectivity index (χ1) is 46.7. The Morgan fingerprint density at radius 1 is 0.521 bits per heavy atom. The summed E-state index contributed by atoms with van der Waals surface area (Å²) in [5.41, 5.74) is 1.82. The molecule has 0 aliphatic heterocycles. The minimum absolute atomic E-state index is 0.0945. The molecule has 24 heteroatoms. The number of halogens is 1. The van der Waals surface area contributed by atoms with Gasteiger partial charge in [-0.25, -0.2) is 4.39 Å². The van der Waals surface area contributed by atoms with E-state index in [0.717, 1.165) is 0 Å². The monoisotopic (exact) mass is 1360 g/mol. The van der Waals surface area contributed by atoms with Crippen molar-refractivity contribution in [2.75, 3.05) is 197 Å². The summed E-state index contributed by atoms with van der Waals surface area (Å²) in [6, 6.07) is 14.6. The fourth-order valence-corrected chi connectivity index (χ4v) is 8.37. The molecular formula is C72H118FN3O20. The highest BCUT2D eigenvalue weighted by Gasteiger charge is 2.24. The molecular weight excluding hydrogens is 1250 g/mol. The molecule has 0 spiro atoms. The van der Waals surface area contributed by atoms with E-state index < -0.39 is 11.5 Å². The molecule has 0 bridgehead atoms. The van der Waals surface area contributed by atoms with Gasteiger partial charge in [0.15, 0.2) is 11.5 Å². The van der Waals surface area contributed by atoms with Crippen molar-refractivity contribution in [3.05, 3.63) is 99.3 Å². The van der Waals surface area contributed by atoms with Crippen LogP contribution in [0.1, 0.15) is 110 Å². The number of rotatable bonds is 51. The van der Waals surface area contributed by atoms with Crippen LogP contribution in [0.2, 0.25) is 0 Å². The highest BCUT2D eigenvalue weighted by molar-refractivity contribution is 6.08. The number of carbonyl (C=O) groups excluding carboxylic acids is 1. The number of aromatic nitrogens is 2. The summed E-state index contributed by atoms with van der Waals surface area (Å²) in [4.78, 5) is 30.9. The predicted molar refractivity (Wildman–Crippen MR) is 374 cm³/mol. The molecule has 1 amide bonds. The third-order valence-corrected chi connectivity index (χ3v) is 12.8. The molecule has 3 N–H and O–H groups in total. The van der Waals surface area contributed by atoms with E-state index in [0.29, 0.717) is 220 Å². The van der Waals surface area contributed by atoms with Crippen molar-refractivity contribution in [1.82, 2.24) is 9.55 Å². The molecule has 5 aromatic rings. The zero-order valence-electron chi connectivity index (χ0n) is 60.7. The van der Waals surface area contributed by atoms with E-state index in [1.807, 2.05) is 69.2 Å². The largest absolute Gasteiger partial charge is 0.487 e. The number of pyridine rings is 1. The lowest BCUT2D eigenvalue weighted by atomic mass is 9.93. The molecule has 0 aliphatic carbocycles. The van der Waals surface area contributed by atoms with Crippen LogP contribution in [0.5, 0.6) is 23.0 Å². The zero-order valence-corrected chi connectivity index (χ0v) is 60.7. The molecule has 0 fully saturated rings. The second kappa shape index (κ2) is 56.3. The third-order valence-electron chi connectivity index (χ3n) is 12.8. The van der Waals surface area contributed by atoms with Crippen LogP contribution >= 0.6 is 0 Å². The number of hydrogen-bond donors (Lipinski definition) is 3. The van der Waals surface area contributed by atoms with Crippen molar-refractivity contribution in [2.45, 2.75) is 109 Å². The molecule has 96 heavy (non-hydrogen) atoms. The van der Waals surface area contributed by atoms with E-state index in [1.54, 1.807) is 90.5 Å².